The molecule has 0 amide bonds. The maximum absolute atomic E-state index is 2.25. The van der Waals surface area contributed by atoms with Gasteiger partial charge >= 0.3 is 0 Å². The van der Waals surface area contributed by atoms with Crippen LogP contribution in [0.15, 0.2) is 41.8 Å². The smallest absolute Gasteiger partial charge is 0.0342 e. The predicted molar refractivity (Wildman–Crippen MR) is 68.4 cm³/mol. The predicted octanol–water partition coefficient (Wildman–Crippen LogP) is 4.76. The van der Waals surface area contributed by atoms with Gasteiger partial charge in [-0.25, -0.2) is 0 Å². The molecule has 1 aromatic carbocycles. The van der Waals surface area contributed by atoms with Crippen molar-refractivity contribution in [2.45, 2.75) is 26.2 Å². The number of benzene rings is 1. The third kappa shape index (κ3) is 2.69. The zero-order valence-electron chi connectivity index (χ0n) is 9.07. The molecule has 1 heterocycles. The number of hydrogen-bond acceptors (Lipinski definition) is 1. The van der Waals surface area contributed by atoms with Crippen LogP contribution in [0.4, 0.5) is 0 Å². The van der Waals surface area contributed by atoms with Gasteiger partial charge in [0.15, 0.2) is 0 Å². The summed E-state index contributed by atoms with van der Waals surface area (Å²) in [6.07, 6.45) is 3.77. The minimum atomic E-state index is 1.21. The molecule has 0 bridgehead atoms. The van der Waals surface area contributed by atoms with Crippen LogP contribution in [-0.4, -0.2) is 0 Å². The summed E-state index contributed by atoms with van der Waals surface area (Å²) in [5.74, 6) is 0. The summed E-state index contributed by atoms with van der Waals surface area (Å²) >= 11 is 1.80. The van der Waals surface area contributed by atoms with Crippen LogP contribution >= 0.6 is 11.3 Å². The Morgan fingerprint density at radius 1 is 1.07 bits per heavy atom. The summed E-state index contributed by atoms with van der Waals surface area (Å²) in [7, 11) is 0. The summed E-state index contributed by atoms with van der Waals surface area (Å²) < 4.78 is 0. The third-order valence-electron chi connectivity index (χ3n) is 2.58. The first kappa shape index (κ1) is 10.4. The lowest BCUT2D eigenvalue weighted by Crippen LogP contribution is -1.83. The van der Waals surface area contributed by atoms with Crippen LogP contribution in [0, 0.1) is 0 Å². The molecule has 0 fully saturated rings. The van der Waals surface area contributed by atoms with Crippen molar-refractivity contribution in [2.75, 3.05) is 0 Å². The molecule has 0 radical (unpaired) electrons. The lowest BCUT2D eigenvalue weighted by Gasteiger charge is -2.01. The van der Waals surface area contributed by atoms with Gasteiger partial charge in [-0.15, -0.1) is 11.3 Å². The zero-order valence-corrected chi connectivity index (χ0v) is 9.89. The number of rotatable bonds is 4. The summed E-state index contributed by atoms with van der Waals surface area (Å²) in [5, 5.41) is 2.13. The molecule has 0 aliphatic carbocycles. The van der Waals surface area contributed by atoms with Crippen molar-refractivity contribution >= 4 is 11.3 Å². The van der Waals surface area contributed by atoms with Gasteiger partial charge in [0.1, 0.15) is 0 Å². The van der Waals surface area contributed by atoms with E-state index in [0.29, 0.717) is 0 Å². The van der Waals surface area contributed by atoms with E-state index < -0.39 is 0 Å². The number of thiophene rings is 1. The van der Waals surface area contributed by atoms with Gasteiger partial charge in [-0.05, 0) is 35.4 Å². The lowest BCUT2D eigenvalue weighted by atomic mass is 10.1. The summed E-state index contributed by atoms with van der Waals surface area (Å²) in [5.41, 5.74) is 2.79. The van der Waals surface area contributed by atoms with Crippen LogP contribution < -0.4 is 0 Å². The Balaban J connectivity index is 2.11. The molecule has 0 nitrogen and oxygen atoms in total. The molecule has 2 rings (SSSR count). The van der Waals surface area contributed by atoms with E-state index in [1.807, 2.05) is 0 Å². The maximum atomic E-state index is 2.25. The molecule has 0 atom stereocenters. The summed E-state index contributed by atoms with van der Waals surface area (Å²) in [6, 6.07) is 13.2. The van der Waals surface area contributed by atoms with Crippen LogP contribution in [-0.2, 0) is 6.42 Å². The molecule has 0 N–H and O–H groups in total. The van der Waals surface area contributed by atoms with E-state index in [1.165, 1.54) is 35.3 Å². The first-order valence-electron chi connectivity index (χ1n) is 5.53. The highest BCUT2D eigenvalue weighted by Crippen LogP contribution is 2.24. The van der Waals surface area contributed by atoms with Gasteiger partial charge in [-0.3, -0.25) is 0 Å². The molecule has 78 valence electrons. The van der Waals surface area contributed by atoms with Crippen LogP contribution in [0.25, 0.3) is 10.4 Å². The molecule has 0 aliphatic heterocycles. The summed E-state index contributed by atoms with van der Waals surface area (Å²) in [4.78, 5) is 1.36. The Morgan fingerprint density at radius 3 is 2.47 bits per heavy atom. The van der Waals surface area contributed by atoms with Gasteiger partial charge in [0.05, 0.1) is 0 Å². The van der Waals surface area contributed by atoms with Gasteiger partial charge in [0, 0.05) is 4.88 Å². The van der Waals surface area contributed by atoms with Crippen LogP contribution in [0.2, 0.25) is 0 Å². The highest BCUT2D eigenvalue weighted by Gasteiger charge is 1.98. The minimum Gasteiger partial charge on any atom is -0.144 e. The van der Waals surface area contributed by atoms with E-state index in [4.69, 9.17) is 0 Å². The standard InChI is InChI=1S/C14H16S/c1-2-3-5-12-7-9-13(10-8-12)14-6-4-11-15-14/h4,6-11H,2-3,5H2,1H3. The zero-order chi connectivity index (χ0) is 10.5. The number of hydrogen-bond donors (Lipinski definition) is 0. The van der Waals surface area contributed by atoms with Crippen LogP contribution in [0.3, 0.4) is 0 Å². The number of aryl methyl sites for hydroxylation is 1. The van der Waals surface area contributed by atoms with E-state index in [9.17, 15) is 0 Å². The molecule has 1 heteroatoms. The van der Waals surface area contributed by atoms with Crippen molar-refractivity contribution in [3.63, 3.8) is 0 Å². The average Bonchev–Trinajstić information content (AvgIpc) is 2.80. The fourth-order valence-corrected chi connectivity index (χ4v) is 2.39. The summed E-state index contributed by atoms with van der Waals surface area (Å²) in [6.45, 7) is 2.24. The quantitative estimate of drug-likeness (QED) is 0.691. The monoisotopic (exact) mass is 216 g/mol. The molecule has 1 aromatic heterocycles. The maximum Gasteiger partial charge on any atom is 0.0342 e. The van der Waals surface area contributed by atoms with E-state index in [-0.39, 0.29) is 0 Å². The highest BCUT2D eigenvalue weighted by atomic mass is 32.1. The van der Waals surface area contributed by atoms with Gasteiger partial charge in [-0.2, -0.15) is 0 Å². The second kappa shape index (κ2) is 5.13. The molecular formula is C14H16S. The Bertz CT molecular complexity index is 384. The van der Waals surface area contributed by atoms with Gasteiger partial charge in [0.2, 0.25) is 0 Å². The van der Waals surface area contributed by atoms with Crippen molar-refractivity contribution in [2.24, 2.45) is 0 Å². The molecule has 0 saturated carbocycles. The molecule has 2 aromatic rings. The average molecular weight is 216 g/mol. The van der Waals surface area contributed by atoms with E-state index in [1.54, 1.807) is 11.3 Å². The normalized spacial score (nSPS) is 10.5. The second-order valence-corrected chi connectivity index (χ2v) is 4.73. The van der Waals surface area contributed by atoms with Crippen molar-refractivity contribution in [1.29, 1.82) is 0 Å². The first-order chi connectivity index (χ1) is 7.40. The lowest BCUT2D eigenvalue weighted by molar-refractivity contribution is 0.795. The fourth-order valence-electron chi connectivity index (χ4n) is 1.66. The van der Waals surface area contributed by atoms with Gasteiger partial charge in [0.25, 0.3) is 0 Å². The molecule has 0 saturated heterocycles. The van der Waals surface area contributed by atoms with Crippen molar-refractivity contribution in [3.05, 3.63) is 47.3 Å². The Hall–Kier alpha value is -1.08. The van der Waals surface area contributed by atoms with E-state index in [2.05, 4.69) is 48.7 Å². The minimum absolute atomic E-state index is 1.21. The van der Waals surface area contributed by atoms with Crippen LogP contribution in [0.1, 0.15) is 25.3 Å². The Morgan fingerprint density at radius 2 is 1.87 bits per heavy atom. The molecule has 0 unspecified atom stereocenters. The molecular weight excluding hydrogens is 200 g/mol. The third-order valence-corrected chi connectivity index (χ3v) is 3.50. The van der Waals surface area contributed by atoms with E-state index in [0.717, 1.165) is 0 Å². The Labute approximate surface area is 95.6 Å². The topological polar surface area (TPSA) is 0 Å². The largest absolute Gasteiger partial charge is 0.144 e. The first-order valence-corrected chi connectivity index (χ1v) is 6.41. The SMILES string of the molecule is CCCCc1ccc(-c2cccs2)cc1. The fraction of sp³-hybridized carbons (Fsp3) is 0.286. The molecule has 15 heavy (non-hydrogen) atoms. The second-order valence-electron chi connectivity index (χ2n) is 3.78. The Kier molecular flexibility index (Phi) is 3.57. The molecule has 0 spiro atoms. The van der Waals surface area contributed by atoms with E-state index >= 15 is 0 Å². The van der Waals surface area contributed by atoms with Crippen LogP contribution in [0.5, 0.6) is 0 Å². The van der Waals surface area contributed by atoms with Crippen molar-refractivity contribution in [1.82, 2.24) is 0 Å². The molecule has 0 aliphatic rings. The van der Waals surface area contributed by atoms with Gasteiger partial charge in [-0.1, -0.05) is 43.7 Å². The van der Waals surface area contributed by atoms with Crippen molar-refractivity contribution < 1.29 is 0 Å². The van der Waals surface area contributed by atoms with Gasteiger partial charge < -0.3 is 0 Å². The highest BCUT2D eigenvalue weighted by molar-refractivity contribution is 7.13. The van der Waals surface area contributed by atoms with Crippen molar-refractivity contribution in [3.8, 4) is 10.4 Å². The number of unbranched alkanes of at least 4 members (excludes halogenated alkanes) is 1.